The van der Waals surface area contributed by atoms with E-state index in [1.54, 1.807) is 19.1 Å². The Morgan fingerprint density at radius 1 is 0.839 bits per heavy atom. The molecule has 0 spiro atoms. The monoisotopic (exact) mass is 844 g/mol. The van der Waals surface area contributed by atoms with E-state index in [9.17, 15) is 34.5 Å². The molecule has 1 unspecified atom stereocenters. The molecule has 5 N–H and O–H groups in total. The number of carboxylic acids is 2. The Morgan fingerprint density at radius 2 is 1.47 bits per heavy atom. The van der Waals surface area contributed by atoms with Crippen LogP contribution in [-0.2, 0) is 41.5 Å². The molecule has 326 valence electrons. The Hall–Kier alpha value is -6.08. The lowest BCUT2D eigenvalue weighted by molar-refractivity contribution is -0.297. The van der Waals surface area contributed by atoms with Gasteiger partial charge in [0.1, 0.15) is 5.60 Å². The maximum absolute atomic E-state index is 13.1. The predicted octanol–water partition coefficient (Wildman–Crippen LogP) is 8.91. The van der Waals surface area contributed by atoms with E-state index >= 15 is 0 Å². The van der Waals surface area contributed by atoms with Gasteiger partial charge in [0.05, 0.1) is 28.7 Å². The number of esters is 2. The van der Waals surface area contributed by atoms with Crippen molar-refractivity contribution in [3.05, 3.63) is 88.0 Å². The lowest BCUT2D eigenvalue weighted by Gasteiger charge is -2.55. The second kappa shape index (κ2) is 17.0. The van der Waals surface area contributed by atoms with Gasteiger partial charge in [0, 0.05) is 64.5 Å². The molecule has 6 heterocycles. The van der Waals surface area contributed by atoms with Crippen molar-refractivity contribution in [3.8, 4) is 0 Å². The van der Waals surface area contributed by atoms with Crippen LogP contribution in [0.25, 0.3) is 50.4 Å². The van der Waals surface area contributed by atoms with Crippen LogP contribution in [0.3, 0.4) is 0 Å². The van der Waals surface area contributed by atoms with Crippen LogP contribution in [0.1, 0.15) is 124 Å². The minimum Gasteiger partial charge on any atom is -0.481 e. The summed E-state index contributed by atoms with van der Waals surface area (Å²) in [5.74, 6) is -4.74. The van der Waals surface area contributed by atoms with Gasteiger partial charge in [-0.3, -0.25) is 19.2 Å². The number of carbonyl (C=O) groups is 4. The first kappa shape index (κ1) is 44.0. The molecule has 1 saturated heterocycles. The molecule has 62 heavy (non-hydrogen) atoms. The standard InChI is InChI=1S/C49H56N4O9/c1-10-30-24(4)37-21-40-31(11-2)26(6)45(52-40)34(13-17-35-23(3)12-16-36-28(8)47(59)62-48(49(35,36)60)61-29(9)54)46-27(7)33(15-19-44(57)58)42(53-46)22-41-32(14-18-43(55)56)25(5)38(51-41)20-39(30)50-37/h10-11,20-23,28,35-36,48,50-51,60H,1-2,12-19H2,3-9H3,(H,55,56)(H,57,58)/t23-,28-,35+,36?,48+,49-/m1/s1. The van der Waals surface area contributed by atoms with E-state index < -0.39 is 53.5 Å². The lowest BCUT2D eigenvalue weighted by Crippen LogP contribution is -2.66. The number of hydrogen-bond donors (Lipinski definition) is 5. The third kappa shape index (κ3) is 7.71. The number of aromatic amines is 2. The fourth-order valence-corrected chi connectivity index (χ4v) is 10.4. The Morgan fingerprint density at radius 3 is 2.13 bits per heavy atom. The van der Waals surface area contributed by atoms with Gasteiger partial charge in [-0.25, -0.2) is 9.97 Å². The molecule has 3 aromatic heterocycles. The maximum Gasteiger partial charge on any atom is 0.312 e. The number of cyclic esters (lactones) is 1. The zero-order valence-corrected chi connectivity index (χ0v) is 36.5. The third-order valence-electron chi connectivity index (χ3n) is 13.8. The third-order valence-corrected chi connectivity index (χ3v) is 13.8. The first-order valence-corrected chi connectivity index (χ1v) is 21.4. The predicted molar refractivity (Wildman–Crippen MR) is 238 cm³/mol. The molecule has 4 aliphatic rings. The number of carbonyl (C=O) groups excluding carboxylic acids is 2. The van der Waals surface area contributed by atoms with Crippen molar-refractivity contribution in [1.82, 2.24) is 19.9 Å². The van der Waals surface area contributed by atoms with E-state index in [2.05, 4.69) is 30.0 Å². The molecule has 3 aromatic rings. The summed E-state index contributed by atoms with van der Waals surface area (Å²) in [6.07, 6.45) is 4.31. The van der Waals surface area contributed by atoms with Gasteiger partial charge in [-0.15, -0.1) is 0 Å². The highest BCUT2D eigenvalue weighted by Gasteiger charge is 2.62. The summed E-state index contributed by atoms with van der Waals surface area (Å²) in [4.78, 5) is 67.2. The minimum atomic E-state index is -1.67. The van der Waals surface area contributed by atoms with Crippen LogP contribution in [0.5, 0.6) is 0 Å². The summed E-state index contributed by atoms with van der Waals surface area (Å²) in [5, 5.41) is 32.5. The highest BCUT2D eigenvalue weighted by molar-refractivity contribution is 6.00. The van der Waals surface area contributed by atoms with E-state index in [1.807, 2.05) is 45.9 Å². The fourth-order valence-electron chi connectivity index (χ4n) is 10.4. The van der Waals surface area contributed by atoms with E-state index in [4.69, 9.17) is 19.4 Å². The fraction of sp³-hybridized carbons (Fsp3) is 0.429. The van der Waals surface area contributed by atoms with Crippen LogP contribution in [0.2, 0.25) is 0 Å². The second-order valence-electron chi connectivity index (χ2n) is 17.3. The summed E-state index contributed by atoms with van der Waals surface area (Å²) in [6, 6.07) is 5.86. The number of H-pyrrole nitrogens is 2. The number of fused-ring (bicyclic) bond motifs is 9. The van der Waals surface area contributed by atoms with Crippen LogP contribution >= 0.6 is 0 Å². The minimum absolute atomic E-state index is 0.0503. The average molecular weight is 845 g/mol. The van der Waals surface area contributed by atoms with E-state index in [0.717, 1.165) is 73.1 Å². The van der Waals surface area contributed by atoms with Crippen molar-refractivity contribution in [2.45, 2.75) is 112 Å². The Labute approximate surface area is 360 Å². The Balaban J connectivity index is 1.55. The van der Waals surface area contributed by atoms with Crippen molar-refractivity contribution in [3.63, 3.8) is 0 Å². The molecule has 8 bridgehead atoms. The van der Waals surface area contributed by atoms with E-state index in [-0.39, 0.29) is 31.6 Å². The number of carboxylic acid groups (broad SMARTS) is 2. The highest BCUT2D eigenvalue weighted by atomic mass is 16.7. The summed E-state index contributed by atoms with van der Waals surface area (Å²) < 4.78 is 11.3. The van der Waals surface area contributed by atoms with Gasteiger partial charge < -0.3 is 34.8 Å². The van der Waals surface area contributed by atoms with Gasteiger partial charge in [-0.1, -0.05) is 39.2 Å². The smallest absolute Gasteiger partial charge is 0.312 e. The van der Waals surface area contributed by atoms with E-state index in [0.29, 0.717) is 47.6 Å². The number of hydrogen-bond acceptors (Lipinski definition) is 9. The molecule has 1 aliphatic carbocycles. The molecule has 0 aromatic carbocycles. The van der Waals surface area contributed by atoms with E-state index in [1.165, 1.54) is 6.92 Å². The number of nitrogens with one attached hydrogen (secondary N) is 2. The number of rotatable bonds is 12. The Bertz CT molecular complexity index is 2660. The lowest BCUT2D eigenvalue weighted by atomic mass is 9.58. The molecule has 0 radical (unpaired) electrons. The largest absolute Gasteiger partial charge is 0.481 e. The van der Waals surface area contributed by atoms with Crippen molar-refractivity contribution in [2.24, 2.45) is 23.7 Å². The molecule has 2 fully saturated rings. The van der Waals surface area contributed by atoms with Crippen LogP contribution < -0.4 is 0 Å². The molecule has 3 aliphatic heterocycles. The quantitative estimate of drug-likeness (QED) is 0.109. The van der Waals surface area contributed by atoms with Crippen LogP contribution in [0.4, 0.5) is 0 Å². The summed E-state index contributed by atoms with van der Waals surface area (Å²) in [6.45, 7) is 21.2. The van der Waals surface area contributed by atoms with Gasteiger partial charge in [-0.05, 0) is 130 Å². The van der Waals surface area contributed by atoms with Crippen molar-refractivity contribution in [1.29, 1.82) is 0 Å². The van der Waals surface area contributed by atoms with Gasteiger partial charge >= 0.3 is 23.9 Å². The second-order valence-corrected chi connectivity index (χ2v) is 17.3. The number of aryl methyl sites for hydroxylation is 3. The number of aliphatic carboxylic acids is 2. The molecule has 6 atom stereocenters. The topological polar surface area (TPSA) is 205 Å². The molecule has 7 rings (SSSR count). The number of aliphatic hydroxyl groups is 1. The van der Waals surface area contributed by atoms with Crippen LogP contribution in [0, 0.1) is 37.5 Å². The Kier molecular flexibility index (Phi) is 12.1. The van der Waals surface area contributed by atoms with Gasteiger partial charge in [0.2, 0.25) is 0 Å². The molecule has 0 amide bonds. The summed E-state index contributed by atoms with van der Waals surface area (Å²) in [7, 11) is 0. The first-order valence-electron chi connectivity index (χ1n) is 21.4. The van der Waals surface area contributed by atoms with Gasteiger partial charge in [0.15, 0.2) is 0 Å². The zero-order valence-electron chi connectivity index (χ0n) is 36.5. The number of allylic oxidation sites excluding steroid dienone is 5. The number of nitrogens with zero attached hydrogens (tertiary/aromatic N) is 2. The summed E-state index contributed by atoms with van der Waals surface area (Å²) in [5.41, 5.74) is 11.4. The number of aromatic nitrogens is 4. The molecule has 13 heteroatoms. The SMILES string of the molecule is C=CC1=C(C)c2nc1cc1[nH]c(cc3[nH]c(cc4nc(c2CC[C@H]2[C@H](C)CCC5[C@@H](C)C(=O)O[C@H](OC(C)=O)[C@]52O)C(C)=C4CCC(=O)O)c(CCC(=O)O)c3C)c(C=C)c1C. The summed E-state index contributed by atoms with van der Waals surface area (Å²) >= 11 is 0. The van der Waals surface area contributed by atoms with Crippen molar-refractivity contribution in [2.75, 3.05) is 0 Å². The van der Waals surface area contributed by atoms with Crippen molar-refractivity contribution < 1.29 is 44.0 Å². The molecular formula is C49H56N4O9. The molecule has 13 nitrogen and oxygen atoms in total. The first-order chi connectivity index (χ1) is 29.4. The molecule has 1 saturated carbocycles. The normalized spacial score (nSPS) is 23.5. The van der Waals surface area contributed by atoms with Gasteiger partial charge in [0.25, 0.3) is 6.29 Å². The zero-order chi connectivity index (χ0) is 44.9. The number of ether oxygens (including phenoxy) is 2. The van der Waals surface area contributed by atoms with Gasteiger partial charge in [-0.2, -0.15) is 0 Å². The maximum atomic E-state index is 13.1. The highest BCUT2D eigenvalue weighted by Crippen LogP contribution is 2.53. The van der Waals surface area contributed by atoms with Crippen LogP contribution in [-0.4, -0.2) is 71.0 Å². The molecular weight excluding hydrogens is 789 g/mol. The average Bonchev–Trinajstić information content (AvgIpc) is 3.88. The van der Waals surface area contributed by atoms with Crippen LogP contribution in [0.15, 0.2) is 37.4 Å². The van der Waals surface area contributed by atoms with Crippen molar-refractivity contribution >= 4 is 74.3 Å².